The number of carbonyl (C=O) groups is 1. The average molecular weight is 205 g/mol. The molecular formula is C10H8FN3O. The summed E-state index contributed by atoms with van der Waals surface area (Å²) in [6.45, 7) is 1.39. The van der Waals surface area contributed by atoms with Crippen LogP contribution in [0.3, 0.4) is 0 Å². The topological polar surface area (TPSA) is 47.8 Å². The Kier molecular flexibility index (Phi) is 2.29. The summed E-state index contributed by atoms with van der Waals surface area (Å²) in [4.78, 5) is 14.8. The summed E-state index contributed by atoms with van der Waals surface area (Å²) in [5.41, 5.74) is 0.663. The van der Waals surface area contributed by atoms with Gasteiger partial charge in [0.25, 0.3) is 0 Å². The lowest BCUT2D eigenvalue weighted by Gasteiger charge is -1.98. The smallest absolute Gasteiger partial charge is 0.217 e. The van der Waals surface area contributed by atoms with Gasteiger partial charge in [0, 0.05) is 6.92 Å². The molecule has 0 saturated heterocycles. The van der Waals surface area contributed by atoms with E-state index in [1.54, 1.807) is 12.1 Å². The van der Waals surface area contributed by atoms with Crippen molar-refractivity contribution in [3.63, 3.8) is 0 Å². The van der Waals surface area contributed by atoms with Gasteiger partial charge in [-0.1, -0.05) is 0 Å². The predicted octanol–water partition coefficient (Wildman–Crippen LogP) is 1.61. The maximum atomic E-state index is 12.6. The van der Waals surface area contributed by atoms with Gasteiger partial charge in [-0.2, -0.15) is 0 Å². The van der Waals surface area contributed by atoms with Crippen molar-refractivity contribution in [2.75, 3.05) is 0 Å². The Balaban J connectivity index is 2.37. The summed E-state index contributed by atoms with van der Waals surface area (Å²) in [6.07, 6.45) is 1.42. The first-order chi connectivity index (χ1) is 7.16. The molecular weight excluding hydrogens is 197 g/mol. The van der Waals surface area contributed by atoms with Crippen LogP contribution in [-0.4, -0.2) is 20.5 Å². The summed E-state index contributed by atoms with van der Waals surface area (Å²) in [5.74, 6) is -0.360. The van der Waals surface area contributed by atoms with Crippen molar-refractivity contribution in [3.8, 4) is 5.69 Å². The Morgan fingerprint density at radius 3 is 2.53 bits per heavy atom. The van der Waals surface area contributed by atoms with Gasteiger partial charge in [0.05, 0.1) is 5.69 Å². The first-order valence-electron chi connectivity index (χ1n) is 4.35. The van der Waals surface area contributed by atoms with Crippen LogP contribution < -0.4 is 0 Å². The van der Waals surface area contributed by atoms with E-state index in [-0.39, 0.29) is 17.4 Å². The third-order valence-electron chi connectivity index (χ3n) is 1.90. The number of benzene rings is 1. The van der Waals surface area contributed by atoms with Gasteiger partial charge in [-0.15, -0.1) is 5.10 Å². The molecule has 0 aliphatic heterocycles. The van der Waals surface area contributed by atoms with Crippen LogP contribution in [0, 0.1) is 5.82 Å². The van der Waals surface area contributed by atoms with Crippen molar-refractivity contribution in [1.82, 2.24) is 14.8 Å². The third kappa shape index (κ3) is 1.90. The van der Waals surface area contributed by atoms with Crippen LogP contribution in [0.25, 0.3) is 5.69 Å². The molecule has 1 aromatic heterocycles. The molecule has 0 N–H and O–H groups in total. The van der Waals surface area contributed by atoms with Crippen molar-refractivity contribution in [2.45, 2.75) is 6.92 Å². The summed E-state index contributed by atoms with van der Waals surface area (Å²) in [7, 11) is 0. The highest BCUT2D eigenvalue weighted by molar-refractivity contribution is 5.90. The lowest BCUT2D eigenvalue weighted by molar-refractivity contribution is 0.100. The van der Waals surface area contributed by atoms with Gasteiger partial charge in [-0.05, 0) is 24.3 Å². The zero-order chi connectivity index (χ0) is 10.8. The van der Waals surface area contributed by atoms with E-state index in [2.05, 4.69) is 10.1 Å². The fraction of sp³-hybridized carbons (Fsp3) is 0.100. The SMILES string of the molecule is CC(=O)c1ncn(-c2ccc(F)cc2)n1. The Morgan fingerprint density at radius 2 is 2.00 bits per heavy atom. The fourth-order valence-corrected chi connectivity index (χ4v) is 1.14. The maximum absolute atomic E-state index is 12.6. The lowest BCUT2D eigenvalue weighted by Crippen LogP contribution is -1.99. The van der Waals surface area contributed by atoms with Gasteiger partial charge in [0.15, 0.2) is 5.78 Å². The van der Waals surface area contributed by atoms with E-state index in [0.717, 1.165) is 0 Å². The number of aromatic nitrogens is 3. The molecule has 0 bridgehead atoms. The summed E-state index contributed by atoms with van der Waals surface area (Å²) in [5, 5.41) is 3.94. The van der Waals surface area contributed by atoms with E-state index < -0.39 is 0 Å². The van der Waals surface area contributed by atoms with Gasteiger partial charge in [0.1, 0.15) is 12.1 Å². The Labute approximate surface area is 85.4 Å². The molecule has 0 aliphatic carbocycles. The largest absolute Gasteiger partial charge is 0.291 e. The Morgan fingerprint density at radius 1 is 1.33 bits per heavy atom. The minimum Gasteiger partial charge on any atom is -0.291 e. The molecule has 0 aliphatic rings. The van der Waals surface area contributed by atoms with Crippen LogP contribution in [0.5, 0.6) is 0 Å². The van der Waals surface area contributed by atoms with Crippen LogP contribution in [0.1, 0.15) is 17.5 Å². The highest BCUT2D eigenvalue weighted by Gasteiger charge is 2.06. The van der Waals surface area contributed by atoms with Crippen molar-refractivity contribution >= 4 is 5.78 Å². The summed E-state index contributed by atoms with van der Waals surface area (Å²) < 4.78 is 14.1. The van der Waals surface area contributed by atoms with Gasteiger partial charge < -0.3 is 0 Å². The molecule has 0 atom stereocenters. The molecule has 0 radical (unpaired) electrons. The van der Waals surface area contributed by atoms with Crippen molar-refractivity contribution in [3.05, 3.63) is 42.2 Å². The summed E-state index contributed by atoms with van der Waals surface area (Å²) >= 11 is 0. The highest BCUT2D eigenvalue weighted by atomic mass is 19.1. The second-order valence-corrected chi connectivity index (χ2v) is 3.05. The average Bonchev–Trinajstić information content (AvgIpc) is 2.68. The van der Waals surface area contributed by atoms with Crippen molar-refractivity contribution in [1.29, 1.82) is 0 Å². The maximum Gasteiger partial charge on any atom is 0.217 e. The minimum absolute atomic E-state index is 0.152. The Bertz CT molecular complexity index is 490. The number of carbonyl (C=O) groups excluding carboxylic acids is 1. The quantitative estimate of drug-likeness (QED) is 0.700. The Hall–Kier alpha value is -2.04. The standard InChI is InChI=1S/C10H8FN3O/c1-7(15)10-12-6-14(13-10)9-4-2-8(11)3-5-9/h2-6H,1H3. The number of halogens is 1. The van der Waals surface area contributed by atoms with Gasteiger partial charge in [-0.25, -0.2) is 14.1 Å². The number of hydrogen-bond donors (Lipinski definition) is 0. The molecule has 1 aromatic carbocycles. The van der Waals surface area contributed by atoms with E-state index in [1.165, 1.54) is 30.1 Å². The number of ketones is 1. The number of Topliss-reactive ketones (excluding diaryl/α,β-unsaturated/α-hetero) is 1. The van der Waals surface area contributed by atoms with Crippen molar-refractivity contribution < 1.29 is 9.18 Å². The molecule has 2 rings (SSSR count). The number of rotatable bonds is 2. The van der Waals surface area contributed by atoms with E-state index in [1.807, 2.05) is 0 Å². The van der Waals surface area contributed by atoms with Crippen LogP contribution in [-0.2, 0) is 0 Å². The van der Waals surface area contributed by atoms with Crippen LogP contribution in [0.2, 0.25) is 0 Å². The molecule has 1 heterocycles. The first kappa shape index (κ1) is 9.51. The number of nitrogens with zero attached hydrogens (tertiary/aromatic N) is 3. The molecule has 0 unspecified atom stereocenters. The van der Waals surface area contributed by atoms with E-state index in [0.29, 0.717) is 5.69 Å². The number of hydrogen-bond acceptors (Lipinski definition) is 3. The second kappa shape index (κ2) is 3.61. The normalized spacial score (nSPS) is 10.3. The molecule has 0 fully saturated rings. The first-order valence-corrected chi connectivity index (χ1v) is 4.35. The van der Waals surface area contributed by atoms with Gasteiger partial charge in [-0.3, -0.25) is 4.79 Å². The van der Waals surface area contributed by atoms with Gasteiger partial charge >= 0.3 is 0 Å². The van der Waals surface area contributed by atoms with Crippen LogP contribution in [0.15, 0.2) is 30.6 Å². The lowest BCUT2D eigenvalue weighted by atomic mass is 10.3. The van der Waals surface area contributed by atoms with Gasteiger partial charge in [0.2, 0.25) is 5.82 Å². The molecule has 76 valence electrons. The van der Waals surface area contributed by atoms with E-state index in [9.17, 15) is 9.18 Å². The van der Waals surface area contributed by atoms with Crippen molar-refractivity contribution in [2.24, 2.45) is 0 Å². The molecule has 4 nitrogen and oxygen atoms in total. The minimum atomic E-state index is -0.314. The van der Waals surface area contributed by atoms with E-state index >= 15 is 0 Å². The zero-order valence-electron chi connectivity index (χ0n) is 8.01. The van der Waals surface area contributed by atoms with Crippen LogP contribution >= 0.6 is 0 Å². The fourth-order valence-electron chi connectivity index (χ4n) is 1.14. The van der Waals surface area contributed by atoms with E-state index in [4.69, 9.17) is 0 Å². The molecule has 0 spiro atoms. The molecule has 5 heteroatoms. The monoisotopic (exact) mass is 205 g/mol. The predicted molar refractivity (Wildman–Crippen MR) is 51.3 cm³/mol. The van der Waals surface area contributed by atoms with Crippen LogP contribution in [0.4, 0.5) is 4.39 Å². The molecule has 0 saturated carbocycles. The molecule has 0 amide bonds. The second-order valence-electron chi connectivity index (χ2n) is 3.05. The molecule has 2 aromatic rings. The molecule has 15 heavy (non-hydrogen) atoms. The summed E-state index contributed by atoms with van der Waals surface area (Å²) in [6, 6.07) is 5.77. The zero-order valence-corrected chi connectivity index (χ0v) is 8.01. The third-order valence-corrected chi connectivity index (χ3v) is 1.90. The highest BCUT2D eigenvalue weighted by Crippen LogP contribution is 2.07.